The van der Waals surface area contributed by atoms with Crippen LogP contribution in [0.15, 0.2) is 103 Å². The summed E-state index contributed by atoms with van der Waals surface area (Å²) in [6, 6.07) is 29.3. The van der Waals surface area contributed by atoms with Crippen LogP contribution in [0, 0.1) is 11.7 Å². The van der Waals surface area contributed by atoms with Crippen molar-refractivity contribution < 1.29 is 28.3 Å². The van der Waals surface area contributed by atoms with Crippen LogP contribution in [0.4, 0.5) is 15.8 Å². The molecule has 202 valence electrons. The van der Waals surface area contributed by atoms with Crippen molar-refractivity contribution in [3.05, 3.63) is 120 Å². The summed E-state index contributed by atoms with van der Waals surface area (Å²) in [4.78, 5) is 34.6. The molecule has 0 N–H and O–H groups in total. The molecule has 2 aliphatic heterocycles. The second-order valence-corrected chi connectivity index (χ2v) is 9.56. The molecule has 0 spiro atoms. The molecule has 2 fully saturated rings. The maximum Gasteiger partial charge on any atom is 0.266 e. The minimum absolute atomic E-state index is 0.305. The maximum absolute atomic E-state index is 13.8. The Kier molecular flexibility index (Phi) is 6.92. The highest BCUT2D eigenvalue weighted by atomic mass is 19.1. The Morgan fingerprint density at radius 1 is 0.775 bits per heavy atom. The number of anilines is 2. The summed E-state index contributed by atoms with van der Waals surface area (Å²) >= 11 is 0. The first-order chi connectivity index (χ1) is 19.5. The summed E-state index contributed by atoms with van der Waals surface area (Å²) in [6.07, 6.45) is -1.03. The molecule has 7 nitrogen and oxygen atoms in total. The third-order valence-corrected chi connectivity index (χ3v) is 7.06. The van der Waals surface area contributed by atoms with Gasteiger partial charge in [0, 0.05) is 0 Å². The van der Waals surface area contributed by atoms with Crippen LogP contribution in [0.2, 0.25) is 0 Å². The highest BCUT2D eigenvalue weighted by molar-refractivity contribution is 6.23. The van der Waals surface area contributed by atoms with Crippen LogP contribution < -0.4 is 19.4 Å². The number of hydroxylamine groups is 1. The molecule has 0 unspecified atom stereocenters. The Balaban J connectivity index is 1.37. The Hall–Kier alpha value is -4.69. The number of para-hydroxylation sites is 1. The van der Waals surface area contributed by atoms with Gasteiger partial charge >= 0.3 is 0 Å². The van der Waals surface area contributed by atoms with Gasteiger partial charge in [-0.1, -0.05) is 54.6 Å². The van der Waals surface area contributed by atoms with Crippen molar-refractivity contribution in [1.29, 1.82) is 0 Å². The molecule has 4 aromatic rings. The second kappa shape index (κ2) is 10.8. The van der Waals surface area contributed by atoms with Crippen molar-refractivity contribution in [3.63, 3.8) is 0 Å². The predicted octanol–water partition coefficient (Wildman–Crippen LogP) is 5.85. The highest BCUT2D eigenvalue weighted by Gasteiger charge is 2.60. The minimum atomic E-state index is -1.03. The molecule has 2 amide bonds. The molecule has 0 saturated carbocycles. The number of fused-ring (bicyclic) bond motifs is 1. The topological polar surface area (TPSA) is 68.3 Å². The number of imide groups is 1. The summed E-state index contributed by atoms with van der Waals surface area (Å²) in [5, 5.41) is 1.63. The largest absolute Gasteiger partial charge is 0.490 e. The number of halogens is 1. The first-order valence-electron chi connectivity index (χ1n) is 13.1. The van der Waals surface area contributed by atoms with E-state index < -0.39 is 35.7 Å². The van der Waals surface area contributed by atoms with E-state index in [1.54, 1.807) is 5.06 Å². The van der Waals surface area contributed by atoms with Crippen LogP contribution in [0.3, 0.4) is 0 Å². The number of hydrogen-bond donors (Lipinski definition) is 0. The average Bonchev–Trinajstić information content (AvgIpc) is 3.49. The number of benzene rings is 4. The van der Waals surface area contributed by atoms with Gasteiger partial charge in [-0.25, -0.2) is 14.4 Å². The third kappa shape index (κ3) is 4.67. The van der Waals surface area contributed by atoms with Gasteiger partial charge in [0.2, 0.25) is 5.91 Å². The Bertz CT molecular complexity index is 1510. The molecule has 0 aliphatic carbocycles. The van der Waals surface area contributed by atoms with E-state index in [-0.39, 0.29) is 0 Å². The summed E-state index contributed by atoms with van der Waals surface area (Å²) < 4.78 is 25.6. The van der Waals surface area contributed by atoms with Gasteiger partial charge in [-0.3, -0.25) is 14.4 Å². The van der Waals surface area contributed by atoms with Crippen LogP contribution in [0.25, 0.3) is 0 Å². The van der Waals surface area contributed by atoms with Gasteiger partial charge in [0.05, 0.1) is 24.0 Å². The number of carbonyl (C=O) groups excluding carboxylic acids is 2. The molecular formula is C32H27FN2O5. The lowest BCUT2D eigenvalue weighted by molar-refractivity contribution is -0.126. The van der Waals surface area contributed by atoms with Gasteiger partial charge in [-0.05, 0) is 66.6 Å². The normalized spacial score (nSPS) is 20.1. The summed E-state index contributed by atoms with van der Waals surface area (Å²) in [5.74, 6) is -1.09. The highest BCUT2D eigenvalue weighted by Crippen LogP contribution is 2.48. The van der Waals surface area contributed by atoms with Crippen molar-refractivity contribution >= 4 is 23.2 Å². The van der Waals surface area contributed by atoms with Gasteiger partial charge in [0.25, 0.3) is 5.91 Å². The van der Waals surface area contributed by atoms with E-state index in [4.69, 9.17) is 14.3 Å². The van der Waals surface area contributed by atoms with Crippen molar-refractivity contribution in [2.45, 2.75) is 25.7 Å². The fourth-order valence-electron chi connectivity index (χ4n) is 5.23. The number of rotatable bonds is 8. The minimum Gasteiger partial charge on any atom is -0.490 e. The fraction of sp³-hybridized carbons (Fsp3) is 0.188. The standard InChI is InChI=1S/C32H27FN2O5/c1-2-38-27-19-22(13-18-26(27)39-20-21-9-5-3-6-10-21)29-28-30(40-35(29)25-11-7-4-8-12-25)32(37)34(31(28)36)24-16-14-23(33)15-17-24/h3-19,28-30H,2,20H2,1H3/t28-,29+,30-/m0/s1. The van der Waals surface area contributed by atoms with Gasteiger partial charge < -0.3 is 9.47 Å². The Morgan fingerprint density at radius 3 is 2.17 bits per heavy atom. The quantitative estimate of drug-likeness (QED) is 0.262. The molecular weight excluding hydrogens is 511 g/mol. The molecule has 0 aromatic heterocycles. The van der Waals surface area contributed by atoms with Crippen LogP contribution in [0.1, 0.15) is 24.1 Å². The monoisotopic (exact) mass is 538 g/mol. The van der Waals surface area contributed by atoms with Gasteiger partial charge in [0.15, 0.2) is 17.6 Å². The lowest BCUT2D eigenvalue weighted by Gasteiger charge is -2.29. The summed E-state index contributed by atoms with van der Waals surface area (Å²) in [5.41, 5.74) is 2.76. The number of carbonyl (C=O) groups is 2. The van der Waals surface area contributed by atoms with Crippen LogP contribution in [-0.4, -0.2) is 24.5 Å². The summed E-state index contributed by atoms with van der Waals surface area (Å²) in [7, 11) is 0. The molecule has 0 bridgehead atoms. The third-order valence-electron chi connectivity index (χ3n) is 7.06. The first-order valence-corrected chi connectivity index (χ1v) is 13.1. The molecule has 2 aliphatic rings. The smallest absolute Gasteiger partial charge is 0.266 e. The summed E-state index contributed by atoms with van der Waals surface area (Å²) in [6.45, 7) is 2.67. The number of amides is 2. The van der Waals surface area contributed by atoms with E-state index >= 15 is 0 Å². The zero-order chi connectivity index (χ0) is 27.6. The van der Waals surface area contributed by atoms with Gasteiger partial charge in [-0.2, -0.15) is 0 Å². The molecule has 4 aromatic carbocycles. The molecule has 3 atom stereocenters. The molecule has 2 saturated heterocycles. The number of nitrogens with zero attached hydrogens (tertiary/aromatic N) is 2. The molecule has 0 radical (unpaired) electrons. The van der Waals surface area contributed by atoms with Gasteiger partial charge in [-0.15, -0.1) is 0 Å². The number of hydrogen-bond acceptors (Lipinski definition) is 6. The average molecular weight is 539 g/mol. The van der Waals surface area contributed by atoms with E-state index in [1.807, 2.05) is 85.8 Å². The van der Waals surface area contributed by atoms with Crippen LogP contribution in [-0.2, 0) is 21.0 Å². The SMILES string of the molecule is CCOc1cc([C@@H]2[C@@H]3C(=O)N(c4ccc(F)cc4)C(=O)[C@H]3ON2c2ccccc2)ccc1OCc1ccccc1. The van der Waals surface area contributed by atoms with E-state index in [0.717, 1.165) is 16.0 Å². The zero-order valence-electron chi connectivity index (χ0n) is 21.8. The molecule has 8 heteroatoms. The molecule has 2 heterocycles. The number of ether oxygens (including phenoxy) is 2. The fourth-order valence-corrected chi connectivity index (χ4v) is 5.23. The van der Waals surface area contributed by atoms with E-state index in [0.29, 0.717) is 36.1 Å². The van der Waals surface area contributed by atoms with Crippen LogP contribution >= 0.6 is 0 Å². The maximum atomic E-state index is 13.8. The van der Waals surface area contributed by atoms with E-state index in [2.05, 4.69) is 0 Å². The van der Waals surface area contributed by atoms with Crippen molar-refractivity contribution in [3.8, 4) is 11.5 Å². The van der Waals surface area contributed by atoms with Crippen molar-refractivity contribution in [1.82, 2.24) is 0 Å². The van der Waals surface area contributed by atoms with Crippen LogP contribution in [0.5, 0.6) is 11.5 Å². The van der Waals surface area contributed by atoms with Crippen molar-refractivity contribution in [2.75, 3.05) is 16.6 Å². The predicted molar refractivity (Wildman–Crippen MR) is 147 cm³/mol. The first kappa shape index (κ1) is 25.6. The van der Waals surface area contributed by atoms with Gasteiger partial charge in [0.1, 0.15) is 18.3 Å². The Labute approximate surface area is 231 Å². The van der Waals surface area contributed by atoms with E-state index in [1.165, 1.54) is 24.3 Å². The molecule has 40 heavy (non-hydrogen) atoms. The van der Waals surface area contributed by atoms with Crippen molar-refractivity contribution in [2.24, 2.45) is 5.92 Å². The van der Waals surface area contributed by atoms with E-state index in [9.17, 15) is 14.0 Å². The molecule has 6 rings (SSSR count). The second-order valence-electron chi connectivity index (χ2n) is 9.56. The lowest BCUT2D eigenvalue weighted by atomic mass is 9.90. The zero-order valence-corrected chi connectivity index (χ0v) is 21.8. The lowest BCUT2D eigenvalue weighted by Crippen LogP contribution is -2.37. The Morgan fingerprint density at radius 2 is 1.48 bits per heavy atom.